The van der Waals surface area contributed by atoms with Crippen molar-refractivity contribution in [1.29, 1.82) is 0 Å². The largest absolute Gasteiger partial charge is 0.486 e. The van der Waals surface area contributed by atoms with Crippen molar-refractivity contribution in [1.82, 2.24) is 14.5 Å². The number of para-hydroxylation sites is 1. The summed E-state index contributed by atoms with van der Waals surface area (Å²) in [4.78, 5) is 2.32. The lowest BCUT2D eigenvalue weighted by Crippen LogP contribution is -2.49. The fourth-order valence-corrected chi connectivity index (χ4v) is 5.13. The van der Waals surface area contributed by atoms with Gasteiger partial charge in [0.2, 0.25) is 10.0 Å². The second kappa shape index (κ2) is 6.21. The van der Waals surface area contributed by atoms with Gasteiger partial charge in [0, 0.05) is 38.8 Å². The van der Waals surface area contributed by atoms with Crippen LogP contribution in [0.25, 0.3) is 0 Å². The topological polar surface area (TPSA) is 75.6 Å². The molecule has 4 rings (SSSR count). The van der Waals surface area contributed by atoms with E-state index in [4.69, 9.17) is 4.74 Å². The van der Waals surface area contributed by atoms with Gasteiger partial charge in [-0.1, -0.05) is 12.1 Å². The first-order valence-corrected chi connectivity index (χ1v) is 10.1. The monoisotopic (exact) mass is 374 g/mol. The minimum absolute atomic E-state index is 0.272. The van der Waals surface area contributed by atoms with Crippen molar-refractivity contribution in [2.75, 3.05) is 31.1 Å². The molecule has 0 bridgehead atoms. The summed E-state index contributed by atoms with van der Waals surface area (Å²) in [6.07, 6.45) is 2.34. The Labute approximate surface area is 153 Å². The average molecular weight is 374 g/mol. The van der Waals surface area contributed by atoms with E-state index in [1.165, 1.54) is 4.31 Å². The predicted octanol–water partition coefficient (Wildman–Crippen LogP) is 1.70. The summed E-state index contributed by atoms with van der Waals surface area (Å²) in [6, 6.07) is 9.10. The van der Waals surface area contributed by atoms with Crippen LogP contribution >= 0.6 is 0 Å². The Bertz CT molecular complexity index is 907. The SMILES string of the molecule is CC1(C)Cc2cccc(S(=O)(=O)N3CCN(c4cccnn4)CC3)c2O1. The smallest absolute Gasteiger partial charge is 0.246 e. The van der Waals surface area contributed by atoms with Crippen LogP contribution in [-0.4, -0.2) is 54.7 Å². The van der Waals surface area contributed by atoms with E-state index < -0.39 is 10.0 Å². The quantitative estimate of drug-likeness (QED) is 0.814. The number of hydrogen-bond donors (Lipinski definition) is 0. The van der Waals surface area contributed by atoms with E-state index in [2.05, 4.69) is 10.2 Å². The highest BCUT2D eigenvalue weighted by Gasteiger charge is 2.37. The van der Waals surface area contributed by atoms with Gasteiger partial charge in [-0.15, -0.1) is 5.10 Å². The minimum Gasteiger partial charge on any atom is -0.486 e. The standard InChI is InChI=1S/C18H22N4O3S/c1-18(2)13-14-5-3-6-15(17(14)25-18)26(23,24)22-11-9-21(10-12-22)16-7-4-8-19-20-16/h3-8H,9-13H2,1-2H3. The molecule has 0 spiro atoms. The number of piperazine rings is 1. The number of sulfonamides is 1. The van der Waals surface area contributed by atoms with Crippen LogP contribution in [0.5, 0.6) is 5.75 Å². The van der Waals surface area contributed by atoms with E-state index in [1.807, 2.05) is 36.9 Å². The molecule has 3 heterocycles. The molecule has 0 N–H and O–H groups in total. The van der Waals surface area contributed by atoms with Gasteiger partial charge in [0.1, 0.15) is 16.2 Å². The Morgan fingerprint density at radius 1 is 1.08 bits per heavy atom. The Kier molecular flexibility index (Phi) is 4.11. The summed E-state index contributed by atoms with van der Waals surface area (Å²) >= 11 is 0. The summed E-state index contributed by atoms with van der Waals surface area (Å²) < 4.78 is 33.9. The second-order valence-electron chi connectivity index (χ2n) is 7.26. The zero-order chi connectivity index (χ0) is 18.4. The highest BCUT2D eigenvalue weighted by Crippen LogP contribution is 2.40. The third kappa shape index (κ3) is 3.03. The third-order valence-electron chi connectivity index (χ3n) is 4.79. The maximum Gasteiger partial charge on any atom is 0.246 e. The van der Waals surface area contributed by atoms with Crippen molar-refractivity contribution in [2.24, 2.45) is 0 Å². The molecule has 2 aromatic rings. The molecule has 0 atom stereocenters. The molecular weight excluding hydrogens is 352 g/mol. The number of benzene rings is 1. The van der Waals surface area contributed by atoms with Crippen LogP contribution in [0, 0.1) is 0 Å². The van der Waals surface area contributed by atoms with E-state index in [1.54, 1.807) is 18.3 Å². The van der Waals surface area contributed by atoms with E-state index >= 15 is 0 Å². The number of aromatic nitrogens is 2. The predicted molar refractivity (Wildman–Crippen MR) is 97.9 cm³/mol. The molecule has 0 saturated carbocycles. The van der Waals surface area contributed by atoms with Crippen LogP contribution in [0.4, 0.5) is 5.82 Å². The normalized spacial score (nSPS) is 19.8. The molecule has 7 nitrogen and oxygen atoms in total. The fraction of sp³-hybridized carbons (Fsp3) is 0.444. The van der Waals surface area contributed by atoms with Crippen molar-refractivity contribution in [3.8, 4) is 5.75 Å². The summed E-state index contributed by atoms with van der Waals surface area (Å²) in [5.74, 6) is 1.28. The Morgan fingerprint density at radius 3 is 2.54 bits per heavy atom. The number of ether oxygens (including phenoxy) is 1. The summed E-state index contributed by atoms with van der Waals surface area (Å²) in [6.45, 7) is 5.93. The van der Waals surface area contributed by atoms with Gasteiger partial charge in [-0.05, 0) is 37.6 Å². The highest BCUT2D eigenvalue weighted by atomic mass is 32.2. The molecule has 8 heteroatoms. The first-order valence-electron chi connectivity index (χ1n) is 8.71. The van der Waals surface area contributed by atoms with Crippen LogP contribution in [0.1, 0.15) is 19.4 Å². The number of anilines is 1. The van der Waals surface area contributed by atoms with Crippen molar-refractivity contribution in [2.45, 2.75) is 30.8 Å². The fourth-order valence-electron chi connectivity index (χ4n) is 3.55. The summed E-state index contributed by atoms with van der Waals surface area (Å²) in [5.41, 5.74) is 0.577. The van der Waals surface area contributed by atoms with Crippen molar-refractivity contribution in [3.63, 3.8) is 0 Å². The molecule has 1 saturated heterocycles. The zero-order valence-corrected chi connectivity index (χ0v) is 15.7. The Hall–Kier alpha value is -2.19. The molecule has 138 valence electrons. The molecule has 2 aliphatic rings. The molecule has 2 aliphatic heterocycles. The van der Waals surface area contributed by atoms with E-state index in [-0.39, 0.29) is 10.5 Å². The molecule has 0 radical (unpaired) electrons. The van der Waals surface area contributed by atoms with Crippen LogP contribution in [-0.2, 0) is 16.4 Å². The minimum atomic E-state index is -3.60. The number of rotatable bonds is 3. The van der Waals surface area contributed by atoms with Gasteiger partial charge in [-0.3, -0.25) is 0 Å². The van der Waals surface area contributed by atoms with Crippen molar-refractivity contribution in [3.05, 3.63) is 42.1 Å². The maximum absolute atomic E-state index is 13.2. The van der Waals surface area contributed by atoms with Gasteiger partial charge in [0.25, 0.3) is 0 Å². The molecule has 26 heavy (non-hydrogen) atoms. The van der Waals surface area contributed by atoms with Crippen molar-refractivity contribution < 1.29 is 13.2 Å². The lowest BCUT2D eigenvalue weighted by Gasteiger charge is -2.34. The molecule has 1 aromatic carbocycles. The summed E-state index contributed by atoms with van der Waals surface area (Å²) in [5, 5.41) is 7.99. The van der Waals surface area contributed by atoms with Crippen LogP contribution < -0.4 is 9.64 Å². The van der Waals surface area contributed by atoms with Gasteiger partial charge < -0.3 is 9.64 Å². The van der Waals surface area contributed by atoms with Gasteiger partial charge in [0.05, 0.1) is 0 Å². The first-order chi connectivity index (χ1) is 12.4. The first kappa shape index (κ1) is 17.2. The van der Waals surface area contributed by atoms with Crippen LogP contribution in [0.2, 0.25) is 0 Å². The molecule has 1 fully saturated rings. The van der Waals surface area contributed by atoms with E-state index in [0.29, 0.717) is 38.3 Å². The van der Waals surface area contributed by atoms with Crippen molar-refractivity contribution >= 4 is 15.8 Å². The Balaban J connectivity index is 1.56. The lowest BCUT2D eigenvalue weighted by atomic mass is 10.0. The van der Waals surface area contributed by atoms with Gasteiger partial charge in [0.15, 0.2) is 5.82 Å². The van der Waals surface area contributed by atoms with Crippen LogP contribution in [0.3, 0.4) is 0 Å². The van der Waals surface area contributed by atoms with E-state index in [9.17, 15) is 8.42 Å². The zero-order valence-electron chi connectivity index (χ0n) is 14.9. The maximum atomic E-state index is 13.2. The summed E-state index contributed by atoms with van der Waals surface area (Å²) in [7, 11) is -3.60. The van der Waals surface area contributed by atoms with Gasteiger partial charge >= 0.3 is 0 Å². The van der Waals surface area contributed by atoms with E-state index in [0.717, 1.165) is 11.4 Å². The molecule has 0 aliphatic carbocycles. The van der Waals surface area contributed by atoms with Crippen LogP contribution in [0.15, 0.2) is 41.4 Å². The Morgan fingerprint density at radius 2 is 1.85 bits per heavy atom. The van der Waals surface area contributed by atoms with Gasteiger partial charge in [-0.25, -0.2) is 8.42 Å². The molecule has 0 unspecified atom stereocenters. The molecule has 0 amide bonds. The number of nitrogens with zero attached hydrogens (tertiary/aromatic N) is 4. The highest BCUT2D eigenvalue weighted by molar-refractivity contribution is 7.89. The number of hydrogen-bond acceptors (Lipinski definition) is 6. The third-order valence-corrected chi connectivity index (χ3v) is 6.72. The average Bonchev–Trinajstić information content (AvgIpc) is 2.96. The van der Waals surface area contributed by atoms with Gasteiger partial charge in [-0.2, -0.15) is 9.40 Å². The molecule has 1 aromatic heterocycles. The lowest BCUT2D eigenvalue weighted by molar-refractivity contribution is 0.134. The number of fused-ring (bicyclic) bond motifs is 1. The second-order valence-corrected chi connectivity index (χ2v) is 9.16. The molecular formula is C18H22N4O3S.